The molecule has 1 atom stereocenters. The smallest absolute Gasteiger partial charge is 0.258 e. The van der Waals surface area contributed by atoms with Crippen molar-refractivity contribution in [1.82, 2.24) is 15.6 Å². The molecule has 0 bridgehead atoms. The van der Waals surface area contributed by atoms with Gasteiger partial charge < -0.3 is 20.1 Å². The minimum atomic E-state index is -0.617. The number of pyridine rings is 1. The van der Waals surface area contributed by atoms with E-state index in [2.05, 4.69) is 15.6 Å². The van der Waals surface area contributed by atoms with Crippen molar-refractivity contribution < 1.29 is 23.5 Å². The van der Waals surface area contributed by atoms with Gasteiger partial charge >= 0.3 is 0 Å². The number of hydrogen-bond acceptors (Lipinski definition) is 5. The number of ether oxygens (including phenoxy) is 2. The Hall–Kier alpha value is -2.97. The van der Waals surface area contributed by atoms with Gasteiger partial charge in [0.05, 0.1) is 17.2 Å². The Morgan fingerprint density at radius 1 is 1.16 bits per heavy atom. The van der Waals surface area contributed by atoms with Crippen molar-refractivity contribution in [1.29, 1.82) is 0 Å². The minimum Gasteiger partial charge on any atom is -0.484 e. The first-order chi connectivity index (χ1) is 15.1. The maximum absolute atomic E-state index is 13.4. The van der Waals surface area contributed by atoms with Crippen LogP contribution in [-0.2, 0) is 20.9 Å². The van der Waals surface area contributed by atoms with Crippen LogP contribution in [0.25, 0.3) is 0 Å². The Bertz CT molecular complexity index is 1040. The van der Waals surface area contributed by atoms with E-state index < -0.39 is 11.4 Å². The van der Waals surface area contributed by atoms with Gasteiger partial charge in [0.25, 0.3) is 5.91 Å². The second kappa shape index (κ2) is 10.1. The van der Waals surface area contributed by atoms with Crippen LogP contribution in [0.2, 0.25) is 5.02 Å². The van der Waals surface area contributed by atoms with Crippen molar-refractivity contribution in [2.75, 3.05) is 13.2 Å². The quantitative estimate of drug-likeness (QED) is 0.597. The van der Waals surface area contributed by atoms with Gasteiger partial charge in [0.15, 0.2) is 6.61 Å². The molecule has 1 aromatic heterocycles. The molecule has 3 rings (SSSR count). The number of halogens is 2. The van der Waals surface area contributed by atoms with Gasteiger partial charge in [-0.2, -0.15) is 0 Å². The van der Waals surface area contributed by atoms with Crippen LogP contribution in [-0.4, -0.2) is 35.6 Å². The molecular formula is C23H25ClFN3O4. The first-order valence-electron chi connectivity index (χ1n) is 10.0. The lowest BCUT2D eigenvalue weighted by Crippen LogP contribution is -2.53. The number of carbonyl (C=O) groups excluding carboxylic acids is 2. The van der Waals surface area contributed by atoms with Crippen molar-refractivity contribution >= 4 is 23.4 Å². The standard InChI is InChI=1S/C23H25ClFN3O4/c1-14-6-16(7-15(2)26-14)11-31-12-21(29)27-17-9-23(3,10-17)28-22(30)13-32-18-4-5-19(24)20(25)8-18/h4-9H,10-13H2,1-3H3,(H,27,29)(H,28,30). The lowest BCUT2D eigenvalue weighted by atomic mass is 9.84. The molecule has 9 heteroatoms. The number of benzene rings is 1. The summed E-state index contributed by atoms with van der Waals surface area (Å²) in [5.74, 6) is -1.04. The average Bonchev–Trinajstić information content (AvgIpc) is 2.67. The number of rotatable bonds is 9. The Balaban J connectivity index is 1.38. The molecular weight excluding hydrogens is 437 g/mol. The molecule has 1 aliphatic rings. The molecule has 7 nitrogen and oxygen atoms in total. The summed E-state index contributed by atoms with van der Waals surface area (Å²) in [5, 5.41) is 5.57. The van der Waals surface area contributed by atoms with Gasteiger partial charge in [0.1, 0.15) is 18.2 Å². The van der Waals surface area contributed by atoms with E-state index in [1.165, 1.54) is 12.1 Å². The van der Waals surface area contributed by atoms with Gasteiger partial charge in [0, 0.05) is 29.6 Å². The van der Waals surface area contributed by atoms with Gasteiger partial charge in [-0.1, -0.05) is 11.6 Å². The molecule has 2 N–H and O–H groups in total. The molecule has 0 saturated carbocycles. The van der Waals surface area contributed by atoms with Crippen LogP contribution in [0.4, 0.5) is 4.39 Å². The molecule has 0 aliphatic heterocycles. The zero-order chi connectivity index (χ0) is 23.3. The van der Waals surface area contributed by atoms with Crippen LogP contribution in [0.15, 0.2) is 42.1 Å². The Kier molecular flexibility index (Phi) is 7.48. The summed E-state index contributed by atoms with van der Waals surface area (Å²) in [4.78, 5) is 28.5. The number of aryl methyl sites for hydroxylation is 2. The summed E-state index contributed by atoms with van der Waals surface area (Å²) in [6, 6.07) is 7.79. The molecule has 2 amide bonds. The van der Waals surface area contributed by atoms with E-state index in [1.807, 2.05) is 32.9 Å². The van der Waals surface area contributed by atoms with Crippen LogP contribution in [0, 0.1) is 19.7 Å². The SMILES string of the molecule is Cc1cc(COCC(=O)NC2=CC(C)(NC(=O)COc3ccc(Cl)c(F)c3)C2)cc(C)n1. The third kappa shape index (κ3) is 6.77. The van der Waals surface area contributed by atoms with Gasteiger partial charge in [-0.3, -0.25) is 14.6 Å². The number of nitrogens with one attached hydrogen (secondary N) is 2. The van der Waals surface area contributed by atoms with Gasteiger partial charge in [0.2, 0.25) is 5.91 Å². The number of amides is 2. The van der Waals surface area contributed by atoms with E-state index in [0.29, 0.717) is 18.7 Å². The van der Waals surface area contributed by atoms with E-state index in [1.54, 1.807) is 6.08 Å². The number of hydrogen-bond donors (Lipinski definition) is 2. The summed E-state index contributed by atoms with van der Waals surface area (Å²) in [6.07, 6.45) is 2.23. The van der Waals surface area contributed by atoms with Crippen molar-refractivity contribution in [3.63, 3.8) is 0 Å². The summed E-state index contributed by atoms with van der Waals surface area (Å²) < 4.78 is 24.2. The lowest BCUT2D eigenvalue weighted by Gasteiger charge is -2.37. The summed E-state index contributed by atoms with van der Waals surface area (Å²) in [7, 11) is 0. The molecule has 0 radical (unpaired) electrons. The molecule has 1 unspecified atom stereocenters. The fraction of sp³-hybridized carbons (Fsp3) is 0.348. The second-order valence-electron chi connectivity index (χ2n) is 7.98. The van der Waals surface area contributed by atoms with Crippen LogP contribution in [0.3, 0.4) is 0 Å². The zero-order valence-electron chi connectivity index (χ0n) is 18.1. The van der Waals surface area contributed by atoms with Crippen LogP contribution >= 0.6 is 11.6 Å². The molecule has 32 heavy (non-hydrogen) atoms. The third-order valence-electron chi connectivity index (χ3n) is 4.68. The summed E-state index contributed by atoms with van der Waals surface area (Å²) in [5.41, 5.74) is 2.88. The third-order valence-corrected chi connectivity index (χ3v) is 4.99. The largest absolute Gasteiger partial charge is 0.484 e. The Labute approximate surface area is 191 Å². The highest BCUT2D eigenvalue weighted by Crippen LogP contribution is 2.28. The predicted molar refractivity (Wildman–Crippen MR) is 118 cm³/mol. The molecule has 170 valence electrons. The monoisotopic (exact) mass is 461 g/mol. The van der Waals surface area contributed by atoms with E-state index in [9.17, 15) is 14.0 Å². The van der Waals surface area contributed by atoms with E-state index in [-0.39, 0.29) is 35.8 Å². The minimum absolute atomic E-state index is 0.0172. The van der Waals surface area contributed by atoms with Gasteiger partial charge in [-0.15, -0.1) is 0 Å². The Morgan fingerprint density at radius 2 is 1.84 bits per heavy atom. The zero-order valence-corrected chi connectivity index (χ0v) is 18.9. The predicted octanol–water partition coefficient (Wildman–Crippen LogP) is 3.37. The van der Waals surface area contributed by atoms with Crippen LogP contribution in [0.5, 0.6) is 5.75 Å². The lowest BCUT2D eigenvalue weighted by molar-refractivity contribution is -0.125. The average molecular weight is 462 g/mol. The van der Waals surface area contributed by atoms with Crippen molar-refractivity contribution in [2.24, 2.45) is 0 Å². The molecule has 1 heterocycles. The molecule has 0 fully saturated rings. The number of nitrogens with zero attached hydrogens (tertiary/aromatic N) is 1. The first-order valence-corrected chi connectivity index (χ1v) is 10.4. The molecule has 0 spiro atoms. The van der Waals surface area contributed by atoms with Crippen molar-refractivity contribution in [3.05, 3.63) is 69.9 Å². The van der Waals surface area contributed by atoms with Gasteiger partial charge in [-0.05, 0) is 56.7 Å². The highest BCUT2D eigenvalue weighted by molar-refractivity contribution is 6.30. The van der Waals surface area contributed by atoms with Crippen LogP contribution < -0.4 is 15.4 Å². The number of carbonyl (C=O) groups is 2. The van der Waals surface area contributed by atoms with E-state index in [4.69, 9.17) is 21.1 Å². The molecule has 0 saturated heterocycles. The normalized spacial score (nSPS) is 17.2. The maximum Gasteiger partial charge on any atom is 0.258 e. The maximum atomic E-state index is 13.4. The molecule has 1 aromatic carbocycles. The summed E-state index contributed by atoms with van der Waals surface area (Å²) >= 11 is 5.62. The van der Waals surface area contributed by atoms with Crippen molar-refractivity contribution in [3.8, 4) is 5.75 Å². The summed E-state index contributed by atoms with van der Waals surface area (Å²) in [6.45, 7) is 5.62. The van der Waals surface area contributed by atoms with Gasteiger partial charge in [-0.25, -0.2) is 4.39 Å². The second-order valence-corrected chi connectivity index (χ2v) is 8.38. The van der Waals surface area contributed by atoms with Crippen LogP contribution in [0.1, 0.15) is 30.3 Å². The topological polar surface area (TPSA) is 89.6 Å². The number of aromatic nitrogens is 1. The highest BCUT2D eigenvalue weighted by Gasteiger charge is 2.34. The molecule has 2 aromatic rings. The first kappa shape index (κ1) is 23.7. The van der Waals surface area contributed by atoms with E-state index >= 15 is 0 Å². The Morgan fingerprint density at radius 3 is 2.50 bits per heavy atom. The fourth-order valence-electron chi connectivity index (χ4n) is 3.46. The van der Waals surface area contributed by atoms with E-state index in [0.717, 1.165) is 23.0 Å². The fourth-order valence-corrected chi connectivity index (χ4v) is 3.58. The highest BCUT2D eigenvalue weighted by atomic mass is 35.5. The molecule has 1 aliphatic carbocycles. The van der Waals surface area contributed by atoms with Crippen molar-refractivity contribution in [2.45, 2.75) is 39.3 Å².